The van der Waals surface area contributed by atoms with Crippen molar-refractivity contribution < 1.29 is 36.2 Å². The topological polar surface area (TPSA) is 48.4 Å². The van der Waals surface area contributed by atoms with E-state index in [2.05, 4.69) is 14.5 Å². The van der Waals surface area contributed by atoms with Crippen LogP contribution in [0.2, 0.25) is 0 Å². The van der Waals surface area contributed by atoms with Gasteiger partial charge in [0.25, 0.3) is 6.43 Å². The van der Waals surface area contributed by atoms with E-state index in [1.165, 1.54) is 6.92 Å². The SMILES string of the molecule is CCOC(=O)Cc1cnc(C(F)F)c(OC)c1C(F)(F)F. The molecule has 0 spiro atoms. The van der Waals surface area contributed by atoms with Gasteiger partial charge in [0.15, 0.2) is 5.75 Å². The van der Waals surface area contributed by atoms with Gasteiger partial charge in [0.1, 0.15) is 11.3 Å². The van der Waals surface area contributed by atoms with Crippen LogP contribution in [0.5, 0.6) is 5.75 Å². The van der Waals surface area contributed by atoms with Gasteiger partial charge in [-0.2, -0.15) is 13.2 Å². The summed E-state index contributed by atoms with van der Waals surface area (Å²) in [5, 5.41) is 0. The Morgan fingerprint density at radius 1 is 1.38 bits per heavy atom. The number of alkyl halides is 5. The number of nitrogens with zero attached hydrogens (tertiary/aromatic N) is 1. The first-order valence-electron chi connectivity index (χ1n) is 5.79. The number of ether oxygens (including phenoxy) is 2. The van der Waals surface area contributed by atoms with E-state index in [1.807, 2.05) is 0 Å². The largest absolute Gasteiger partial charge is 0.494 e. The second-order valence-electron chi connectivity index (χ2n) is 3.86. The third-order valence-electron chi connectivity index (χ3n) is 2.47. The van der Waals surface area contributed by atoms with Crippen LogP contribution >= 0.6 is 0 Å². The standard InChI is InChI=1S/C12H12F5NO3/c1-3-21-7(19)4-6-5-18-9(11(13)14)10(20-2)8(6)12(15,16)17/h5,11H,3-4H2,1-2H3. The summed E-state index contributed by atoms with van der Waals surface area (Å²) in [4.78, 5) is 14.6. The molecule has 0 saturated carbocycles. The van der Waals surface area contributed by atoms with Gasteiger partial charge in [0.2, 0.25) is 0 Å². The van der Waals surface area contributed by atoms with Crippen LogP contribution in [-0.2, 0) is 22.1 Å². The van der Waals surface area contributed by atoms with Gasteiger partial charge < -0.3 is 9.47 Å². The number of carbonyl (C=O) groups is 1. The Bertz CT molecular complexity index is 516. The molecule has 0 aliphatic heterocycles. The van der Waals surface area contributed by atoms with E-state index < -0.39 is 47.6 Å². The monoisotopic (exact) mass is 313 g/mol. The van der Waals surface area contributed by atoms with Crippen LogP contribution in [-0.4, -0.2) is 24.7 Å². The van der Waals surface area contributed by atoms with E-state index >= 15 is 0 Å². The molecule has 0 aliphatic carbocycles. The van der Waals surface area contributed by atoms with E-state index in [1.54, 1.807) is 0 Å². The molecule has 0 aromatic carbocycles. The molecule has 9 heteroatoms. The average Bonchev–Trinajstić information content (AvgIpc) is 2.36. The zero-order chi connectivity index (χ0) is 16.2. The molecule has 0 atom stereocenters. The highest BCUT2D eigenvalue weighted by atomic mass is 19.4. The van der Waals surface area contributed by atoms with Crippen molar-refractivity contribution in [3.63, 3.8) is 0 Å². The molecule has 0 aliphatic rings. The van der Waals surface area contributed by atoms with Crippen LogP contribution in [0, 0.1) is 0 Å². The molecule has 118 valence electrons. The van der Waals surface area contributed by atoms with Crippen molar-refractivity contribution in [2.24, 2.45) is 0 Å². The summed E-state index contributed by atoms with van der Waals surface area (Å²) in [6, 6.07) is 0. The number of esters is 1. The smallest absolute Gasteiger partial charge is 0.420 e. The van der Waals surface area contributed by atoms with E-state index in [-0.39, 0.29) is 6.61 Å². The number of rotatable bonds is 5. The van der Waals surface area contributed by atoms with Gasteiger partial charge in [-0.25, -0.2) is 8.78 Å². The molecular formula is C12H12F5NO3. The Kier molecular flexibility index (Phi) is 5.45. The molecule has 21 heavy (non-hydrogen) atoms. The fraction of sp³-hybridized carbons (Fsp3) is 0.500. The number of methoxy groups -OCH3 is 1. The van der Waals surface area contributed by atoms with Crippen LogP contribution < -0.4 is 4.74 Å². The van der Waals surface area contributed by atoms with E-state index in [0.29, 0.717) is 6.20 Å². The van der Waals surface area contributed by atoms with Crippen LogP contribution in [0.25, 0.3) is 0 Å². The summed E-state index contributed by atoms with van der Waals surface area (Å²) in [6.45, 7) is 1.47. The number of hydrogen-bond acceptors (Lipinski definition) is 4. The van der Waals surface area contributed by atoms with Gasteiger partial charge in [-0.15, -0.1) is 0 Å². The lowest BCUT2D eigenvalue weighted by molar-refractivity contribution is -0.143. The Labute approximate surface area is 116 Å². The van der Waals surface area contributed by atoms with Gasteiger partial charge in [0, 0.05) is 6.20 Å². The zero-order valence-corrected chi connectivity index (χ0v) is 11.1. The molecule has 0 unspecified atom stereocenters. The number of hydrogen-bond donors (Lipinski definition) is 0. The van der Waals surface area contributed by atoms with Gasteiger partial charge >= 0.3 is 12.1 Å². The third kappa shape index (κ3) is 4.02. The third-order valence-corrected chi connectivity index (χ3v) is 2.47. The summed E-state index contributed by atoms with van der Waals surface area (Å²) in [6.07, 6.45) is -8.36. The lowest BCUT2D eigenvalue weighted by Crippen LogP contribution is -2.17. The average molecular weight is 313 g/mol. The van der Waals surface area contributed by atoms with Crippen molar-refractivity contribution in [3.8, 4) is 5.75 Å². The van der Waals surface area contributed by atoms with Crippen molar-refractivity contribution in [2.75, 3.05) is 13.7 Å². The van der Waals surface area contributed by atoms with Crippen LogP contribution in [0.1, 0.15) is 30.2 Å². The minimum atomic E-state index is -4.97. The molecule has 0 N–H and O–H groups in total. The zero-order valence-electron chi connectivity index (χ0n) is 11.1. The maximum atomic E-state index is 13.1. The predicted molar refractivity (Wildman–Crippen MR) is 61.1 cm³/mol. The van der Waals surface area contributed by atoms with Gasteiger partial charge in [-0.3, -0.25) is 9.78 Å². The van der Waals surface area contributed by atoms with Gasteiger partial charge in [-0.1, -0.05) is 0 Å². The first-order valence-corrected chi connectivity index (χ1v) is 5.79. The molecular weight excluding hydrogens is 301 g/mol. The minimum absolute atomic E-state index is 0.0140. The van der Waals surface area contributed by atoms with Crippen LogP contribution in [0.15, 0.2) is 6.20 Å². The maximum Gasteiger partial charge on any atom is 0.420 e. The number of halogens is 5. The fourth-order valence-corrected chi connectivity index (χ4v) is 1.72. The second kappa shape index (κ2) is 6.68. The highest BCUT2D eigenvalue weighted by Crippen LogP contribution is 2.42. The van der Waals surface area contributed by atoms with E-state index in [4.69, 9.17) is 0 Å². The summed E-state index contributed by atoms with van der Waals surface area (Å²) < 4.78 is 73.6. The molecule has 0 bridgehead atoms. The summed E-state index contributed by atoms with van der Waals surface area (Å²) >= 11 is 0. The van der Waals surface area contributed by atoms with Crippen LogP contribution in [0.4, 0.5) is 22.0 Å². The Morgan fingerprint density at radius 2 is 2.00 bits per heavy atom. The lowest BCUT2D eigenvalue weighted by atomic mass is 10.0. The number of carbonyl (C=O) groups excluding carboxylic acids is 1. The van der Waals surface area contributed by atoms with Crippen molar-refractivity contribution in [1.82, 2.24) is 4.98 Å². The first kappa shape index (κ1) is 17.1. The summed E-state index contributed by atoms with van der Waals surface area (Å²) in [5.74, 6) is -2.00. The summed E-state index contributed by atoms with van der Waals surface area (Å²) in [5.41, 5.74) is -3.15. The molecule has 0 radical (unpaired) electrons. The normalized spacial score (nSPS) is 11.6. The quantitative estimate of drug-likeness (QED) is 0.619. The predicted octanol–water partition coefficient (Wildman–Crippen LogP) is 3.15. The molecule has 1 aromatic heterocycles. The second-order valence-corrected chi connectivity index (χ2v) is 3.86. The fourth-order valence-electron chi connectivity index (χ4n) is 1.72. The van der Waals surface area contributed by atoms with E-state index in [0.717, 1.165) is 7.11 Å². The van der Waals surface area contributed by atoms with Crippen molar-refractivity contribution in [2.45, 2.75) is 25.9 Å². The molecule has 0 fully saturated rings. The number of pyridine rings is 1. The Hall–Kier alpha value is -1.93. The maximum absolute atomic E-state index is 13.1. The van der Waals surface area contributed by atoms with Gasteiger partial charge in [-0.05, 0) is 12.5 Å². The Balaban J connectivity index is 3.41. The molecule has 4 nitrogen and oxygen atoms in total. The summed E-state index contributed by atoms with van der Waals surface area (Å²) in [7, 11) is 0.826. The molecule has 1 aromatic rings. The highest BCUT2D eigenvalue weighted by Gasteiger charge is 2.40. The first-order chi connectivity index (χ1) is 9.72. The van der Waals surface area contributed by atoms with Crippen molar-refractivity contribution in [1.29, 1.82) is 0 Å². The van der Waals surface area contributed by atoms with Crippen molar-refractivity contribution in [3.05, 3.63) is 23.0 Å². The van der Waals surface area contributed by atoms with Crippen molar-refractivity contribution >= 4 is 5.97 Å². The highest BCUT2D eigenvalue weighted by molar-refractivity contribution is 5.73. The molecule has 0 saturated heterocycles. The van der Waals surface area contributed by atoms with Gasteiger partial charge in [0.05, 0.1) is 20.1 Å². The van der Waals surface area contributed by atoms with E-state index in [9.17, 15) is 26.7 Å². The molecule has 0 amide bonds. The molecule has 1 heterocycles. The minimum Gasteiger partial charge on any atom is -0.494 e. The lowest BCUT2D eigenvalue weighted by Gasteiger charge is -2.18. The van der Waals surface area contributed by atoms with Crippen LogP contribution in [0.3, 0.4) is 0 Å². The Morgan fingerprint density at radius 3 is 2.43 bits per heavy atom. The molecule has 1 rings (SSSR count). The number of aromatic nitrogens is 1.